The summed E-state index contributed by atoms with van der Waals surface area (Å²) in [5.74, 6) is 1.84. The Bertz CT molecular complexity index is 828. The van der Waals surface area contributed by atoms with Crippen LogP contribution in [-0.2, 0) is 22.6 Å². The van der Waals surface area contributed by atoms with Crippen molar-refractivity contribution in [1.82, 2.24) is 20.1 Å². The van der Waals surface area contributed by atoms with Crippen LogP contribution in [0.2, 0.25) is 0 Å². The number of hydrogen-bond acceptors (Lipinski definition) is 5. The Morgan fingerprint density at radius 2 is 2.08 bits per heavy atom. The highest BCUT2D eigenvalue weighted by atomic mass is 16.6. The lowest BCUT2D eigenvalue weighted by Crippen LogP contribution is -2.37. The molecule has 136 valence electrons. The molecule has 2 atom stereocenters. The van der Waals surface area contributed by atoms with Crippen molar-refractivity contribution in [3.8, 4) is 0 Å². The number of nitrogens with one attached hydrogen (secondary N) is 1. The number of rotatable bonds is 5. The molecular formula is C19H23N5O2. The summed E-state index contributed by atoms with van der Waals surface area (Å²) in [7, 11) is 0. The molecule has 2 unspecified atom stereocenters. The first-order chi connectivity index (χ1) is 12.6. The summed E-state index contributed by atoms with van der Waals surface area (Å²) in [4.78, 5) is 18.2. The lowest BCUT2D eigenvalue weighted by Gasteiger charge is -2.21. The van der Waals surface area contributed by atoms with E-state index in [1.807, 2.05) is 30.3 Å². The summed E-state index contributed by atoms with van der Waals surface area (Å²) >= 11 is 0. The number of carbonyl (C=O) groups excluding carboxylic acids is 1. The van der Waals surface area contributed by atoms with Gasteiger partial charge in [-0.25, -0.2) is 0 Å². The van der Waals surface area contributed by atoms with Crippen LogP contribution in [0, 0.1) is 5.92 Å². The standard InChI is InChI=1S/C19H23N5O2/c1-12(2)17(18-22-21-16-9-6-10-24(16)18)20-19(25)14-11-15(26-23-14)13-7-4-3-5-8-13/h3-5,7-8,12,15,17H,6,9-11H2,1-2H3,(H,20,25). The predicted octanol–water partition coefficient (Wildman–Crippen LogP) is 2.56. The topological polar surface area (TPSA) is 81.4 Å². The molecule has 0 saturated carbocycles. The van der Waals surface area contributed by atoms with Crippen LogP contribution in [-0.4, -0.2) is 26.4 Å². The summed E-state index contributed by atoms with van der Waals surface area (Å²) < 4.78 is 2.13. The zero-order valence-corrected chi connectivity index (χ0v) is 15.1. The normalized spacial score (nSPS) is 19.8. The number of benzene rings is 1. The molecule has 0 radical (unpaired) electrons. The molecule has 7 nitrogen and oxygen atoms in total. The Morgan fingerprint density at radius 3 is 2.85 bits per heavy atom. The van der Waals surface area contributed by atoms with Gasteiger partial charge in [0, 0.05) is 19.4 Å². The molecule has 0 aliphatic carbocycles. The van der Waals surface area contributed by atoms with Crippen molar-refractivity contribution in [2.75, 3.05) is 0 Å². The van der Waals surface area contributed by atoms with Gasteiger partial charge in [-0.15, -0.1) is 10.2 Å². The van der Waals surface area contributed by atoms with Crippen LogP contribution >= 0.6 is 0 Å². The Kier molecular flexibility index (Phi) is 4.44. The molecule has 1 aromatic carbocycles. The molecule has 2 aliphatic rings. The molecule has 26 heavy (non-hydrogen) atoms. The van der Waals surface area contributed by atoms with Crippen LogP contribution in [0.25, 0.3) is 0 Å². The van der Waals surface area contributed by atoms with Crippen molar-refractivity contribution in [2.45, 2.75) is 51.8 Å². The molecule has 1 N–H and O–H groups in total. The van der Waals surface area contributed by atoms with E-state index < -0.39 is 0 Å². The molecule has 2 aliphatic heterocycles. The fraction of sp³-hybridized carbons (Fsp3) is 0.474. The highest BCUT2D eigenvalue weighted by Gasteiger charge is 2.32. The van der Waals surface area contributed by atoms with Crippen molar-refractivity contribution >= 4 is 11.6 Å². The van der Waals surface area contributed by atoms with Gasteiger partial charge in [0.1, 0.15) is 11.5 Å². The zero-order valence-electron chi connectivity index (χ0n) is 15.1. The molecule has 0 fully saturated rings. The molecule has 2 aromatic rings. The third-order valence-electron chi connectivity index (χ3n) is 4.97. The number of nitrogens with zero attached hydrogens (tertiary/aromatic N) is 4. The second-order valence-corrected chi connectivity index (χ2v) is 7.17. The van der Waals surface area contributed by atoms with Crippen molar-refractivity contribution < 1.29 is 9.63 Å². The van der Waals surface area contributed by atoms with Crippen molar-refractivity contribution in [1.29, 1.82) is 0 Å². The third kappa shape index (κ3) is 3.09. The lowest BCUT2D eigenvalue weighted by molar-refractivity contribution is -0.116. The SMILES string of the molecule is CC(C)C(NC(=O)C1=NOC(c2ccccc2)C1)c1nnc2n1CCC2. The van der Waals surface area contributed by atoms with E-state index in [1.165, 1.54) is 0 Å². The molecule has 1 aromatic heterocycles. The largest absolute Gasteiger partial charge is 0.387 e. The van der Waals surface area contributed by atoms with E-state index in [1.54, 1.807) is 0 Å². The molecule has 7 heteroatoms. The number of carbonyl (C=O) groups is 1. The average Bonchev–Trinajstić information content (AvgIpc) is 3.37. The highest BCUT2D eigenvalue weighted by molar-refractivity contribution is 6.39. The highest BCUT2D eigenvalue weighted by Crippen LogP contribution is 2.28. The monoisotopic (exact) mass is 353 g/mol. The van der Waals surface area contributed by atoms with Crippen LogP contribution in [0.15, 0.2) is 35.5 Å². The predicted molar refractivity (Wildman–Crippen MR) is 96.4 cm³/mol. The fourth-order valence-electron chi connectivity index (χ4n) is 3.51. The van der Waals surface area contributed by atoms with Gasteiger partial charge in [-0.3, -0.25) is 4.79 Å². The Labute approximate surface area is 152 Å². The van der Waals surface area contributed by atoms with Crippen LogP contribution < -0.4 is 5.32 Å². The van der Waals surface area contributed by atoms with Gasteiger partial charge in [0.25, 0.3) is 5.91 Å². The third-order valence-corrected chi connectivity index (χ3v) is 4.97. The molecule has 0 bridgehead atoms. The first kappa shape index (κ1) is 16.8. The summed E-state index contributed by atoms with van der Waals surface area (Å²) in [6, 6.07) is 9.64. The maximum atomic E-state index is 12.8. The lowest BCUT2D eigenvalue weighted by atomic mass is 10.0. The van der Waals surface area contributed by atoms with Gasteiger partial charge in [0.15, 0.2) is 11.9 Å². The van der Waals surface area contributed by atoms with E-state index in [0.717, 1.165) is 36.6 Å². The summed E-state index contributed by atoms with van der Waals surface area (Å²) in [5.41, 5.74) is 1.44. The van der Waals surface area contributed by atoms with E-state index in [-0.39, 0.29) is 24.0 Å². The number of fused-ring (bicyclic) bond motifs is 1. The Hall–Kier alpha value is -2.70. The minimum absolute atomic E-state index is 0.194. The van der Waals surface area contributed by atoms with Crippen LogP contribution in [0.3, 0.4) is 0 Å². The second-order valence-electron chi connectivity index (χ2n) is 7.17. The van der Waals surface area contributed by atoms with E-state index in [2.05, 4.69) is 39.1 Å². The summed E-state index contributed by atoms with van der Waals surface area (Å²) in [5, 5.41) is 15.7. The smallest absolute Gasteiger partial charge is 0.269 e. The number of aromatic nitrogens is 3. The molecule has 3 heterocycles. The van der Waals surface area contributed by atoms with Gasteiger partial charge < -0.3 is 14.7 Å². The second kappa shape index (κ2) is 6.90. The van der Waals surface area contributed by atoms with E-state index in [9.17, 15) is 4.79 Å². The van der Waals surface area contributed by atoms with Gasteiger partial charge in [0.2, 0.25) is 0 Å². The number of hydrogen-bond donors (Lipinski definition) is 1. The van der Waals surface area contributed by atoms with Crippen molar-refractivity contribution in [2.24, 2.45) is 11.1 Å². The Morgan fingerprint density at radius 1 is 1.27 bits per heavy atom. The van der Waals surface area contributed by atoms with Gasteiger partial charge in [-0.2, -0.15) is 0 Å². The average molecular weight is 353 g/mol. The number of amides is 1. The van der Waals surface area contributed by atoms with Crippen LogP contribution in [0.1, 0.15) is 56.0 Å². The first-order valence-corrected chi connectivity index (χ1v) is 9.14. The minimum Gasteiger partial charge on any atom is -0.387 e. The molecular weight excluding hydrogens is 330 g/mol. The number of oxime groups is 1. The zero-order chi connectivity index (χ0) is 18.1. The van der Waals surface area contributed by atoms with Gasteiger partial charge in [-0.05, 0) is 17.9 Å². The van der Waals surface area contributed by atoms with Gasteiger partial charge >= 0.3 is 0 Å². The summed E-state index contributed by atoms with van der Waals surface area (Å²) in [6.45, 7) is 5.05. The maximum Gasteiger partial charge on any atom is 0.269 e. The quantitative estimate of drug-likeness (QED) is 0.896. The molecule has 4 rings (SSSR count). The molecule has 1 amide bonds. The van der Waals surface area contributed by atoms with Crippen molar-refractivity contribution in [3.63, 3.8) is 0 Å². The summed E-state index contributed by atoms with van der Waals surface area (Å²) in [6.07, 6.45) is 2.30. The minimum atomic E-state index is -0.202. The van der Waals surface area contributed by atoms with E-state index in [0.29, 0.717) is 12.1 Å². The van der Waals surface area contributed by atoms with Crippen LogP contribution in [0.5, 0.6) is 0 Å². The van der Waals surface area contributed by atoms with Crippen LogP contribution in [0.4, 0.5) is 0 Å². The van der Waals surface area contributed by atoms with Gasteiger partial charge in [0.05, 0.1) is 6.04 Å². The maximum absolute atomic E-state index is 12.8. The van der Waals surface area contributed by atoms with E-state index >= 15 is 0 Å². The van der Waals surface area contributed by atoms with E-state index in [4.69, 9.17) is 4.84 Å². The first-order valence-electron chi connectivity index (χ1n) is 9.14. The Balaban J connectivity index is 1.46. The van der Waals surface area contributed by atoms with Crippen molar-refractivity contribution in [3.05, 3.63) is 47.5 Å². The fourth-order valence-corrected chi connectivity index (χ4v) is 3.51. The number of aryl methyl sites for hydroxylation is 1. The molecule has 0 saturated heterocycles. The molecule has 0 spiro atoms. The van der Waals surface area contributed by atoms with Gasteiger partial charge in [-0.1, -0.05) is 49.3 Å².